The fourth-order valence-electron chi connectivity index (χ4n) is 1.12. The Balaban J connectivity index is 0.000000308. The van der Waals surface area contributed by atoms with Gasteiger partial charge in [-0.15, -0.1) is 9.36 Å². The predicted octanol–water partition coefficient (Wildman–Crippen LogP) is 0.393. The van der Waals surface area contributed by atoms with Crippen LogP contribution in [0.5, 0.6) is 5.88 Å². The molecule has 0 aliphatic carbocycles. The molecule has 0 bridgehead atoms. The molecule has 2 heterocycles. The van der Waals surface area contributed by atoms with Gasteiger partial charge in [0.25, 0.3) is 5.88 Å². The molecular weight excluding hydrogens is 277 g/mol. The van der Waals surface area contributed by atoms with Crippen molar-refractivity contribution in [3.63, 3.8) is 0 Å². The highest BCUT2D eigenvalue weighted by Gasteiger charge is 2.36. The quantitative estimate of drug-likeness (QED) is 0.393. The van der Waals surface area contributed by atoms with Crippen molar-refractivity contribution in [2.45, 2.75) is 19.5 Å². The van der Waals surface area contributed by atoms with Crippen molar-refractivity contribution in [3.05, 3.63) is 12.3 Å². The van der Waals surface area contributed by atoms with E-state index in [0.717, 1.165) is 19.0 Å². The fourth-order valence-corrected chi connectivity index (χ4v) is 1.12. The first-order valence-corrected chi connectivity index (χ1v) is 5.74. The Morgan fingerprint density at radius 1 is 1.50 bits per heavy atom. The summed E-state index contributed by atoms with van der Waals surface area (Å²) in [5.41, 5.74) is -5.65. The van der Waals surface area contributed by atoms with Crippen LogP contribution in [-0.2, 0) is 23.7 Å². The smallest absolute Gasteiger partial charge is 0.485 e. The highest BCUT2D eigenvalue weighted by Crippen LogP contribution is 2.20. The zero-order valence-corrected chi connectivity index (χ0v) is 9.45. The number of fused-ring (bicyclic) bond motifs is 1. The summed E-state index contributed by atoms with van der Waals surface area (Å²) in [6.07, 6.45) is 1.99. The normalized spacial score (nSPS) is 13.8. The molecule has 0 N–H and O–H groups in total. The van der Waals surface area contributed by atoms with E-state index in [1.54, 1.807) is 0 Å². The largest absolute Gasteiger partial charge is 0.741 e. The van der Waals surface area contributed by atoms with E-state index in [-0.39, 0.29) is 7.43 Å². The Morgan fingerprint density at radius 2 is 2.00 bits per heavy atom. The molecule has 106 valence electrons. The van der Waals surface area contributed by atoms with Gasteiger partial charge in [0.05, 0.1) is 6.07 Å². The predicted molar refractivity (Wildman–Crippen MR) is 53.6 cm³/mol. The highest BCUT2D eigenvalue weighted by molar-refractivity contribution is 7.86. The van der Waals surface area contributed by atoms with Crippen LogP contribution in [0.1, 0.15) is 7.43 Å². The van der Waals surface area contributed by atoms with Gasteiger partial charge in [-0.2, -0.15) is 13.2 Å². The highest BCUT2D eigenvalue weighted by atomic mass is 32.2. The number of alkyl halides is 3. The Bertz CT molecular complexity index is 495. The summed E-state index contributed by atoms with van der Waals surface area (Å²) in [5.74, 6) is 0.984. The van der Waals surface area contributed by atoms with E-state index in [1.807, 2.05) is 24.0 Å². The maximum absolute atomic E-state index is 10.7. The molecular formula is C8H13F3N2O4S. The molecule has 1 aromatic heterocycles. The second kappa shape index (κ2) is 5.57. The number of rotatable bonds is 0. The number of aryl methyl sites for hydroxylation is 1. The first-order valence-electron chi connectivity index (χ1n) is 4.33. The van der Waals surface area contributed by atoms with Crippen molar-refractivity contribution in [2.24, 2.45) is 7.05 Å². The zero-order chi connectivity index (χ0) is 13.3. The molecule has 0 spiro atoms. The molecule has 1 aliphatic heterocycles. The average Bonchev–Trinajstić information content (AvgIpc) is 2.69. The summed E-state index contributed by atoms with van der Waals surface area (Å²) in [6.45, 7) is 1.81. The van der Waals surface area contributed by atoms with E-state index in [9.17, 15) is 13.2 Å². The molecule has 0 saturated carbocycles. The van der Waals surface area contributed by atoms with Gasteiger partial charge in [-0.1, -0.05) is 7.43 Å². The van der Waals surface area contributed by atoms with Crippen molar-refractivity contribution >= 4 is 10.1 Å². The Morgan fingerprint density at radius 3 is 2.39 bits per heavy atom. The molecule has 0 fully saturated rings. The van der Waals surface area contributed by atoms with Crippen molar-refractivity contribution in [1.82, 2.24) is 4.68 Å². The third kappa shape index (κ3) is 3.88. The van der Waals surface area contributed by atoms with Crippen molar-refractivity contribution in [2.75, 3.05) is 6.61 Å². The molecule has 0 radical (unpaired) electrons. The van der Waals surface area contributed by atoms with Crippen LogP contribution in [0, 0.1) is 0 Å². The first-order chi connectivity index (χ1) is 7.63. The minimum absolute atomic E-state index is 0. The van der Waals surface area contributed by atoms with Gasteiger partial charge in [-0.25, -0.2) is 8.42 Å². The van der Waals surface area contributed by atoms with Gasteiger partial charge < -0.3 is 9.29 Å². The molecule has 0 saturated heterocycles. The van der Waals surface area contributed by atoms with E-state index < -0.39 is 15.6 Å². The minimum Gasteiger partial charge on any atom is -0.741 e. The van der Waals surface area contributed by atoms with Crippen LogP contribution in [0.25, 0.3) is 0 Å². The molecule has 6 nitrogen and oxygen atoms in total. The van der Waals surface area contributed by atoms with Gasteiger partial charge >= 0.3 is 5.51 Å². The number of nitrogens with zero attached hydrogens (tertiary/aromatic N) is 2. The summed E-state index contributed by atoms with van der Waals surface area (Å²) in [5, 5.41) is 0. The fraction of sp³-hybridized carbons (Fsp3) is 0.625. The molecule has 0 aromatic carbocycles. The monoisotopic (exact) mass is 290 g/mol. The third-order valence-corrected chi connectivity index (χ3v) is 2.47. The van der Waals surface area contributed by atoms with Crippen LogP contribution in [0.2, 0.25) is 0 Å². The van der Waals surface area contributed by atoms with E-state index in [1.165, 1.54) is 0 Å². The minimum atomic E-state index is -6.09. The molecule has 0 unspecified atom stereocenters. The summed E-state index contributed by atoms with van der Waals surface area (Å²) in [7, 11) is -4.08. The maximum Gasteiger partial charge on any atom is 0.485 e. The van der Waals surface area contributed by atoms with Crippen LogP contribution < -0.4 is 9.42 Å². The summed E-state index contributed by atoms with van der Waals surface area (Å²) < 4.78 is 68.3. The van der Waals surface area contributed by atoms with E-state index >= 15 is 0 Å². The maximum atomic E-state index is 10.7. The Labute approximate surface area is 102 Å². The Kier molecular flexibility index (Phi) is 5.17. The summed E-state index contributed by atoms with van der Waals surface area (Å²) in [4.78, 5) is 0. The number of aromatic nitrogens is 2. The van der Waals surface area contributed by atoms with Crippen LogP contribution in [-0.4, -0.2) is 29.8 Å². The van der Waals surface area contributed by atoms with Crippen molar-refractivity contribution in [1.29, 1.82) is 0 Å². The Hall–Kier alpha value is -1.29. The summed E-state index contributed by atoms with van der Waals surface area (Å²) in [6, 6.07) is 1.98. The second-order valence-corrected chi connectivity index (χ2v) is 4.47. The van der Waals surface area contributed by atoms with E-state index in [4.69, 9.17) is 17.7 Å². The second-order valence-electron chi connectivity index (χ2n) is 3.10. The molecule has 0 amide bonds. The van der Waals surface area contributed by atoms with Gasteiger partial charge in [0.1, 0.15) is 13.2 Å². The average molecular weight is 290 g/mol. The number of hydrogen-bond acceptors (Lipinski definition) is 4. The molecule has 18 heavy (non-hydrogen) atoms. The standard InChI is InChI=1S/C6H9N2O.CHF3O3S.CH4/c1-7-3-2-6-8(7)4-5-9-6;2-1(3,4)8(5,6)7;/h2-3H,4-5H2,1H3;(H,5,6,7);1H4/q+1;;/p-1. The molecule has 1 aliphatic rings. The zero-order valence-electron chi connectivity index (χ0n) is 8.64. The van der Waals surface area contributed by atoms with Crippen molar-refractivity contribution < 1.29 is 35.6 Å². The van der Waals surface area contributed by atoms with Crippen LogP contribution in [0.3, 0.4) is 0 Å². The number of ether oxygens (including phenoxy) is 1. The lowest BCUT2D eigenvalue weighted by atomic mass is 10.7. The van der Waals surface area contributed by atoms with E-state index in [2.05, 4.69) is 4.68 Å². The van der Waals surface area contributed by atoms with E-state index in [0.29, 0.717) is 0 Å². The SMILES string of the molecule is C.C[n+]1ccc2n1CCO2.O=S(=O)([O-])C(F)(F)F. The molecule has 1 aromatic rings. The molecule has 0 atom stereocenters. The third-order valence-electron chi connectivity index (χ3n) is 1.90. The summed E-state index contributed by atoms with van der Waals surface area (Å²) >= 11 is 0. The lowest BCUT2D eigenvalue weighted by molar-refractivity contribution is -0.752. The van der Waals surface area contributed by atoms with Gasteiger partial charge in [-0.05, 0) is 0 Å². The van der Waals surface area contributed by atoms with Gasteiger partial charge in [0, 0.05) is 0 Å². The van der Waals surface area contributed by atoms with Gasteiger partial charge in [-0.3, -0.25) is 0 Å². The van der Waals surface area contributed by atoms with Crippen LogP contribution in [0.4, 0.5) is 13.2 Å². The van der Waals surface area contributed by atoms with Gasteiger partial charge in [0.2, 0.25) is 0 Å². The van der Waals surface area contributed by atoms with Crippen LogP contribution in [0.15, 0.2) is 12.3 Å². The lowest BCUT2D eigenvalue weighted by Crippen LogP contribution is -2.36. The number of hydrogen-bond donors (Lipinski definition) is 0. The molecule has 2 rings (SSSR count). The van der Waals surface area contributed by atoms with Crippen molar-refractivity contribution in [3.8, 4) is 5.88 Å². The topological polar surface area (TPSA) is 75.2 Å². The first kappa shape index (κ1) is 16.7. The van der Waals surface area contributed by atoms with Crippen LogP contribution >= 0.6 is 0 Å². The lowest BCUT2D eigenvalue weighted by Gasteiger charge is -2.08. The molecule has 10 heteroatoms. The van der Waals surface area contributed by atoms with Gasteiger partial charge in [0.15, 0.2) is 23.4 Å². The number of halogens is 3.